The Morgan fingerprint density at radius 2 is 1.80 bits per heavy atom. The molecule has 7 nitrogen and oxygen atoms in total. The Bertz CT molecular complexity index is 825. The van der Waals surface area contributed by atoms with Crippen LogP contribution in [-0.4, -0.2) is 67.3 Å². The highest BCUT2D eigenvalue weighted by Gasteiger charge is 2.38. The lowest BCUT2D eigenvalue weighted by atomic mass is 9.75. The third-order valence-corrected chi connectivity index (χ3v) is 8.22. The summed E-state index contributed by atoms with van der Waals surface area (Å²) in [6.45, 7) is 5.63. The lowest BCUT2D eigenvalue weighted by Crippen LogP contribution is -2.58. The van der Waals surface area contributed by atoms with Gasteiger partial charge in [0.25, 0.3) is 0 Å². The smallest absolute Gasteiger partial charge is 0.320 e. The number of β-amino-alcohol motifs (C(OH)–C–C–N with tert-alkyl or cyclic N) is 1. The van der Waals surface area contributed by atoms with Gasteiger partial charge in [-0.1, -0.05) is 23.2 Å². The van der Waals surface area contributed by atoms with E-state index in [1.165, 1.54) is 6.07 Å². The van der Waals surface area contributed by atoms with E-state index in [-0.39, 0.29) is 28.6 Å². The second-order valence-electron chi connectivity index (χ2n) is 8.86. The van der Waals surface area contributed by atoms with Crippen LogP contribution in [-0.2, 0) is 11.0 Å². The number of carbonyl (C=O) groups excluding carboxylic acids is 1. The lowest BCUT2D eigenvalue weighted by Gasteiger charge is -2.43. The van der Waals surface area contributed by atoms with Crippen LogP contribution in [0.25, 0.3) is 0 Å². The molecular weight excluding hydrogens is 449 g/mol. The van der Waals surface area contributed by atoms with Gasteiger partial charge in [0, 0.05) is 19.2 Å². The number of nitrogens with zero attached hydrogens (tertiary/aromatic N) is 2. The molecule has 2 aliphatic heterocycles. The molecule has 4 N–H and O–H groups in total. The van der Waals surface area contributed by atoms with Gasteiger partial charge in [0.15, 0.2) is 0 Å². The number of halogens is 2. The Morgan fingerprint density at radius 3 is 2.33 bits per heavy atom. The first-order chi connectivity index (χ1) is 14.0. The molecule has 0 bridgehead atoms. The van der Waals surface area contributed by atoms with Crippen LogP contribution in [0.2, 0.25) is 10.0 Å². The van der Waals surface area contributed by atoms with E-state index in [9.17, 15) is 19.2 Å². The van der Waals surface area contributed by atoms with Crippen molar-refractivity contribution in [1.82, 2.24) is 9.80 Å². The highest BCUT2D eigenvalue weighted by Crippen LogP contribution is 2.44. The molecule has 0 aromatic heterocycles. The number of urea groups is 1. The van der Waals surface area contributed by atoms with Gasteiger partial charge in [0.1, 0.15) is 5.75 Å². The van der Waals surface area contributed by atoms with Crippen LogP contribution in [0.5, 0.6) is 5.75 Å². The summed E-state index contributed by atoms with van der Waals surface area (Å²) >= 11 is 12.3. The first-order valence-electron chi connectivity index (χ1n) is 10.1. The Kier molecular flexibility index (Phi) is 7.24. The molecule has 2 atom stereocenters. The zero-order valence-electron chi connectivity index (χ0n) is 17.2. The maximum Gasteiger partial charge on any atom is 0.320 e. The van der Waals surface area contributed by atoms with E-state index in [1.807, 2.05) is 13.8 Å². The number of benzene rings is 1. The van der Waals surface area contributed by atoms with Gasteiger partial charge >= 0.3 is 6.03 Å². The molecule has 1 aromatic rings. The number of aromatic hydroxyl groups is 1. The van der Waals surface area contributed by atoms with Gasteiger partial charge in [-0.05, 0) is 56.6 Å². The van der Waals surface area contributed by atoms with Gasteiger partial charge < -0.3 is 20.0 Å². The van der Waals surface area contributed by atoms with E-state index >= 15 is 0 Å². The highest BCUT2D eigenvalue weighted by atomic mass is 35.5. The van der Waals surface area contributed by atoms with Crippen LogP contribution in [0, 0.1) is 5.92 Å². The maximum atomic E-state index is 12.5. The average Bonchev–Trinajstić information content (AvgIpc) is 2.66. The van der Waals surface area contributed by atoms with E-state index < -0.39 is 21.8 Å². The number of phenols is 1. The summed E-state index contributed by atoms with van der Waals surface area (Å²) in [6, 6.07) is 3.07. The summed E-state index contributed by atoms with van der Waals surface area (Å²) in [4.78, 5) is 16.0. The third-order valence-electron chi connectivity index (χ3n) is 6.24. The molecule has 0 spiro atoms. The monoisotopic (exact) mass is 477 g/mol. The third kappa shape index (κ3) is 5.05. The molecule has 168 valence electrons. The summed E-state index contributed by atoms with van der Waals surface area (Å²) in [5.41, 5.74) is 0.665. The molecule has 0 radical (unpaired) electrons. The van der Waals surface area contributed by atoms with E-state index in [0.29, 0.717) is 43.2 Å². The van der Waals surface area contributed by atoms with Gasteiger partial charge in [0.05, 0.1) is 45.0 Å². The predicted molar refractivity (Wildman–Crippen MR) is 119 cm³/mol. The molecule has 2 fully saturated rings. The number of aliphatic hydroxyl groups excluding tert-OH is 1. The van der Waals surface area contributed by atoms with Gasteiger partial charge in [-0.3, -0.25) is 5.14 Å². The van der Waals surface area contributed by atoms with Crippen LogP contribution < -0.4 is 5.14 Å². The number of rotatable bonds is 5. The van der Waals surface area contributed by atoms with Crippen LogP contribution in [0.1, 0.15) is 44.6 Å². The minimum atomic E-state index is -1.54. The zero-order chi connectivity index (χ0) is 22.2. The molecule has 2 heterocycles. The molecule has 0 saturated carbocycles. The molecule has 10 heteroatoms. The second-order valence-corrected chi connectivity index (χ2v) is 11.4. The fraction of sp³-hybridized carbons (Fsp3) is 0.650. The highest BCUT2D eigenvalue weighted by molar-refractivity contribution is 7.84. The summed E-state index contributed by atoms with van der Waals surface area (Å²) in [7, 11) is -1.54. The Balaban J connectivity index is 1.79. The van der Waals surface area contributed by atoms with E-state index in [1.54, 1.807) is 15.9 Å². The number of carbonyl (C=O) groups is 1. The van der Waals surface area contributed by atoms with Crippen LogP contribution in [0.3, 0.4) is 0 Å². The SMILES string of the molecule is CC(C)(C[C@@H](c1cc(Cl)c(Cl)cc1O)C1CCN(C(=O)N2CC(O)C2)CC1)S(N)=O. The van der Waals surface area contributed by atoms with Crippen LogP contribution >= 0.6 is 23.2 Å². The summed E-state index contributed by atoms with van der Waals surface area (Å²) in [5, 5.41) is 26.4. The van der Waals surface area contributed by atoms with Crippen molar-refractivity contribution in [3.05, 3.63) is 27.7 Å². The van der Waals surface area contributed by atoms with Gasteiger partial charge in [0.2, 0.25) is 0 Å². The van der Waals surface area contributed by atoms with Crippen molar-refractivity contribution in [3.63, 3.8) is 0 Å². The molecule has 2 saturated heterocycles. The summed E-state index contributed by atoms with van der Waals surface area (Å²) in [5.74, 6) is 0.0772. The molecule has 2 aliphatic rings. The van der Waals surface area contributed by atoms with Gasteiger partial charge in [-0.25, -0.2) is 9.00 Å². The maximum absolute atomic E-state index is 12.5. The quantitative estimate of drug-likeness (QED) is 0.605. The van der Waals surface area contributed by atoms with Crippen molar-refractivity contribution in [1.29, 1.82) is 0 Å². The Hall–Kier alpha value is -1.06. The fourth-order valence-corrected chi connectivity index (χ4v) is 4.97. The summed E-state index contributed by atoms with van der Waals surface area (Å²) in [6.07, 6.45) is 1.55. The van der Waals surface area contributed by atoms with E-state index in [0.717, 1.165) is 12.8 Å². The molecule has 30 heavy (non-hydrogen) atoms. The van der Waals surface area contributed by atoms with Crippen LogP contribution in [0.4, 0.5) is 4.79 Å². The predicted octanol–water partition coefficient (Wildman–Crippen LogP) is 3.08. The minimum Gasteiger partial charge on any atom is -0.508 e. The van der Waals surface area contributed by atoms with Gasteiger partial charge in [-0.2, -0.15) is 0 Å². The van der Waals surface area contributed by atoms with Crippen molar-refractivity contribution in [2.75, 3.05) is 26.2 Å². The topological polar surface area (TPSA) is 107 Å². The van der Waals surface area contributed by atoms with Crippen molar-refractivity contribution in [2.24, 2.45) is 11.1 Å². The number of aliphatic hydroxyl groups is 1. The zero-order valence-corrected chi connectivity index (χ0v) is 19.5. The second kappa shape index (κ2) is 9.20. The van der Waals surface area contributed by atoms with Crippen LogP contribution in [0.15, 0.2) is 12.1 Å². The number of likely N-dealkylation sites (tertiary alicyclic amines) is 2. The molecule has 2 amide bonds. The number of amides is 2. The largest absolute Gasteiger partial charge is 0.508 e. The van der Waals surface area contributed by atoms with Crippen molar-refractivity contribution >= 4 is 40.2 Å². The summed E-state index contributed by atoms with van der Waals surface area (Å²) < 4.78 is 11.4. The van der Waals surface area contributed by atoms with E-state index in [4.69, 9.17) is 28.3 Å². The fourth-order valence-electron chi connectivity index (χ4n) is 4.30. The molecule has 0 aliphatic carbocycles. The van der Waals surface area contributed by atoms with Crippen molar-refractivity contribution in [2.45, 2.75) is 49.9 Å². The van der Waals surface area contributed by atoms with Crippen molar-refractivity contribution in [3.8, 4) is 5.75 Å². The average molecular weight is 478 g/mol. The standard InChI is InChI=1S/C20H29Cl2N3O4S/c1-20(2,30(23)29)9-15(14-7-16(21)17(22)8-18(14)27)12-3-5-24(6-4-12)19(28)25-10-13(26)11-25/h7-8,12-13,15,26-27H,3-6,9-11,23H2,1-2H3/t15-,30?/m1/s1. The van der Waals surface area contributed by atoms with Gasteiger partial charge in [-0.15, -0.1) is 0 Å². The first kappa shape index (κ1) is 23.6. The normalized spacial score (nSPS) is 20.7. The number of nitrogens with two attached hydrogens (primary N) is 1. The Morgan fingerprint density at radius 1 is 1.23 bits per heavy atom. The molecular formula is C20H29Cl2N3O4S. The van der Waals surface area contributed by atoms with Crippen molar-refractivity contribution < 1.29 is 19.2 Å². The molecule has 1 aromatic carbocycles. The molecule has 3 rings (SSSR count). The lowest BCUT2D eigenvalue weighted by molar-refractivity contribution is 0.0113. The first-order valence-corrected chi connectivity index (χ1v) is 12.0. The minimum absolute atomic E-state index is 0.0453. The van der Waals surface area contributed by atoms with E-state index in [2.05, 4.69) is 0 Å². The molecule has 1 unspecified atom stereocenters. The number of hydrogen-bond donors (Lipinski definition) is 3. The number of phenolic OH excluding ortho intramolecular Hbond substituents is 1. The number of hydrogen-bond acceptors (Lipinski definition) is 4. The Labute approximate surface area is 189 Å². The number of piperidine rings is 1.